The summed E-state index contributed by atoms with van der Waals surface area (Å²) in [4.78, 5) is 25.5. The van der Waals surface area contributed by atoms with E-state index in [0.717, 1.165) is 30.6 Å². The van der Waals surface area contributed by atoms with Gasteiger partial charge in [-0.3, -0.25) is 4.79 Å². The van der Waals surface area contributed by atoms with Gasteiger partial charge in [-0.2, -0.15) is 0 Å². The summed E-state index contributed by atoms with van der Waals surface area (Å²) in [7, 11) is 0. The summed E-state index contributed by atoms with van der Waals surface area (Å²) in [6.45, 7) is 2.16. The van der Waals surface area contributed by atoms with Gasteiger partial charge in [-0.05, 0) is 19.3 Å². The molecule has 2 rings (SSSR count). The zero-order valence-electron chi connectivity index (χ0n) is 15.5. The van der Waals surface area contributed by atoms with Crippen LogP contribution in [-0.4, -0.2) is 36.0 Å². The summed E-state index contributed by atoms with van der Waals surface area (Å²) in [5, 5.41) is 0. The molecule has 1 atom stereocenters. The van der Waals surface area contributed by atoms with Crippen LogP contribution < -0.4 is 0 Å². The van der Waals surface area contributed by atoms with E-state index in [1.165, 1.54) is 0 Å². The number of amides is 1. The Morgan fingerprint density at radius 3 is 2.11 bits per heavy atom. The lowest BCUT2D eigenvalue weighted by molar-refractivity contribution is -0.148. The van der Waals surface area contributed by atoms with Gasteiger partial charge in [0.15, 0.2) is 23.3 Å². The molecule has 0 aliphatic carbocycles. The number of esters is 1. The van der Waals surface area contributed by atoms with Crippen LogP contribution in [0.2, 0.25) is 0 Å². The lowest BCUT2D eigenvalue weighted by Crippen LogP contribution is -2.42. The van der Waals surface area contributed by atoms with Gasteiger partial charge in [0, 0.05) is 6.54 Å². The molecule has 0 N–H and O–H groups in total. The van der Waals surface area contributed by atoms with Gasteiger partial charge in [0.2, 0.25) is 5.82 Å². The molecule has 156 valence electrons. The zero-order chi connectivity index (χ0) is 20.8. The standard InChI is InChI=1S/C19H22F5NO3/c1-2-3-4-5-6-10-28-19(27)11-8-7-9-25(11)18(26)12-13(20)15(22)17(24)16(23)14(12)21/h11H,2-10H2,1H3. The number of rotatable bonds is 8. The van der Waals surface area contributed by atoms with Crippen molar-refractivity contribution in [3.63, 3.8) is 0 Å². The van der Waals surface area contributed by atoms with Gasteiger partial charge in [0.05, 0.1) is 6.61 Å². The normalized spacial score (nSPS) is 16.5. The topological polar surface area (TPSA) is 46.6 Å². The van der Waals surface area contributed by atoms with E-state index in [9.17, 15) is 31.5 Å². The predicted octanol–water partition coefficient (Wildman–Crippen LogP) is 4.50. The second-order valence-electron chi connectivity index (χ2n) is 6.68. The highest BCUT2D eigenvalue weighted by Gasteiger charge is 2.39. The Hall–Kier alpha value is -2.19. The summed E-state index contributed by atoms with van der Waals surface area (Å²) in [6.07, 6.45) is 5.19. The van der Waals surface area contributed by atoms with Crippen molar-refractivity contribution >= 4 is 11.9 Å². The minimum Gasteiger partial charge on any atom is -0.464 e. The van der Waals surface area contributed by atoms with Crippen molar-refractivity contribution in [3.05, 3.63) is 34.6 Å². The molecular formula is C19H22F5NO3. The van der Waals surface area contributed by atoms with Crippen molar-refractivity contribution in [3.8, 4) is 0 Å². The van der Waals surface area contributed by atoms with Crippen LogP contribution in [0, 0.1) is 29.1 Å². The van der Waals surface area contributed by atoms with Gasteiger partial charge in [-0.15, -0.1) is 0 Å². The van der Waals surface area contributed by atoms with Crippen LogP contribution in [0.15, 0.2) is 0 Å². The van der Waals surface area contributed by atoms with E-state index in [1.807, 2.05) is 0 Å². The first-order valence-corrected chi connectivity index (χ1v) is 9.30. The summed E-state index contributed by atoms with van der Waals surface area (Å²) in [5.74, 6) is -13.3. The van der Waals surface area contributed by atoms with Crippen molar-refractivity contribution < 1.29 is 36.3 Å². The Labute approximate surface area is 159 Å². The molecule has 1 aromatic carbocycles. The first-order valence-electron chi connectivity index (χ1n) is 9.30. The minimum atomic E-state index is -2.34. The molecule has 1 amide bonds. The third kappa shape index (κ3) is 4.62. The number of unbranched alkanes of at least 4 members (excludes halogenated alkanes) is 4. The number of carbonyl (C=O) groups excluding carboxylic acids is 2. The summed E-state index contributed by atoms with van der Waals surface area (Å²) in [5.41, 5.74) is -1.56. The molecule has 1 aliphatic heterocycles. The average Bonchev–Trinajstić information content (AvgIpc) is 3.17. The van der Waals surface area contributed by atoms with E-state index < -0.39 is 52.6 Å². The van der Waals surface area contributed by atoms with Crippen molar-refractivity contribution in [2.45, 2.75) is 57.9 Å². The molecule has 28 heavy (non-hydrogen) atoms. The first kappa shape index (κ1) is 22.1. The molecule has 1 aliphatic rings. The van der Waals surface area contributed by atoms with Gasteiger partial charge in [-0.25, -0.2) is 26.7 Å². The molecule has 0 saturated carbocycles. The lowest BCUT2D eigenvalue weighted by atomic mass is 10.1. The van der Waals surface area contributed by atoms with Crippen molar-refractivity contribution in [1.29, 1.82) is 0 Å². The minimum absolute atomic E-state index is 0.0470. The van der Waals surface area contributed by atoms with Crippen LogP contribution in [-0.2, 0) is 9.53 Å². The molecule has 1 fully saturated rings. The maximum atomic E-state index is 13.9. The Kier molecular flexibility index (Phi) is 7.77. The fourth-order valence-electron chi connectivity index (χ4n) is 3.17. The van der Waals surface area contributed by atoms with E-state index in [2.05, 4.69) is 6.92 Å². The lowest BCUT2D eigenvalue weighted by Gasteiger charge is -2.24. The molecule has 0 spiro atoms. The number of hydrogen-bond acceptors (Lipinski definition) is 3. The average molecular weight is 407 g/mol. The summed E-state index contributed by atoms with van der Waals surface area (Å²) in [6, 6.07) is -1.11. The van der Waals surface area contributed by atoms with Crippen molar-refractivity contribution in [2.24, 2.45) is 0 Å². The van der Waals surface area contributed by atoms with E-state index in [1.54, 1.807) is 0 Å². The number of halogens is 5. The molecule has 1 unspecified atom stereocenters. The van der Waals surface area contributed by atoms with Gasteiger partial charge in [-0.1, -0.05) is 32.6 Å². The highest BCUT2D eigenvalue weighted by atomic mass is 19.2. The molecule has 0 bridgehead atoms. The predicted molar refractivity (Wildman–Crippen MR) is 90.0 cm³/mol. The van der Waals surface area contributed by atoms with E-state index in [-0.39, 0.29) is 19.6 Å². The number of ether oxygens (including phenoxy) is 1. The molecule has 1 saturated heterocycles. The summed E-state index contributed by atoms with van der Waals surface area (Å²) < 4.78 is 72.8. The quantitative estimate of drug-likeness (QED) is 0.210. The van der Waals surface area contributed by atoms with E-state index >= 15 is 0 Å². The molecule has 1 heterocycles. The third-order valence-electron chi connectivity index (χ3n) is 4.70. The molecule has 1 aromatic rings. The van der Waals surface area contributed by atoms with Gasteiger partial charge >= 0.3 is 5.97 Å². The second-order valence-corrected chi connectivity index (χ2v) is 6.68. The van der Waals surface area contributed by atoms with Crippen LogP contribution in [0.3, 0.4) is 0 Å². The molecular weight excluding hydrogens is 385 g/mol. The number of carbonyl (C=O) groups is 2. The fraction of sp³-hybridized carbons (Fsp3) is 0.579. The number of hydrogen-bond donors (Lipinski definition) is 0. The highest BCUT2D eigenvalue weighted by molar-refractivity contribution is 5.97. The van der Waals surface area contributed by atoms with E-state index in [0.29, 0.717) is 12.8 Å². The molecule has 4 nitrogen and oxygen atoms in total. The Morgan fingerprint density at radius 1 is 0.929 bits per heavy atom. The molecule has 0 radical (unpaired) electrons. The molecule has 9 heteroatoms. The maximum Gasteiger partial charge on any atom is 0.328 e. The van der Waals surface area contributed by atoms with Gasteiger partial charge < -0.3 is 9.64 Å². The van der Waals surface area contributed by atoms with Crippen LogP contribution in [0.25, 0.3) is 0 Å². The van der Waals surface area contributed by atoms with Crippen molar-refractivity contribution in [1.82, 2.24) is 4.90 Å². The monoisotopic (exact) mass is 407 g/mol. The second kappa shape index (κ2) is 9.84. The van der Waals surface area contributed by atoms with Gasteiger partial charge in [0.1, 0.15) is 11.6 Å². The smallest absolute Gasteiger partial charge is 0.328 e. The van der Waals surface area contributed by atoms with Crippen LogP contribution in [0.4, 0.5) is 22.0 Å². The van der Waals surface area contributed by atoms with Crippen LogP contribution in [0.5, 0.6) is 0 Å². The van der Waals surface area contributed by atoms with Crippen molar-refractivity contribution in [2.75, 3.05) is 13.2 Å². The Balaban J connectivity index is 2.08. The number of benzene rings is 1. The summed E-state index contributed by atoms with van der Waals surface area (Å²) >= 11 is 0. The largest absolute Gasteiger partial charge is 0.464 e. The maximum absolute atomic E-state index is 13.9. The number of nitrogens with zero attached hydrogens (tertiary/aromatic N) is 1. The van der Waals surface area contributed by atoms with Crippen LogP contribution >= 0.6 is 0 Å². The van der Waals surface area contributed by atoms with Crippen LogP contribution in [0.1, 0.15) is 62.2 Å². The number of likely N-dealkylation sites (tertiary alicyclic amines) is 1. The zero-order valence-corrected chi connectivity index (χ0v) is 15.5. The fourth-order valence-corrected chi connectivity index (χ4v) is 3.17. The first-order chi connectivity index (χ1) is 13.3. The van der Waals surface area contributed by atoms with E-state index in [4.69, 9.17) is 4.74 Å². The Bertz CT molecular complexity index is 712. The third-order valence-corrected chi connectivity index (χ3v) is 4.70. The Morgan fingerprint density at radius 2 is 1.50 bits per heavy atom. The van der Waals surface area contributed by atoms with Gasteiger partial charge in [0.25, 0.3) is 5.91 Å². The SMILES string of the molecule is CCCCCCCOC(=O)C1CCCN1C(=O)c1c(F)c(F)c(F)c(F)c1F. The highest BCUT2D eigenvalue weighted by Crippen LogP contribution is 2.27. The molecule has 0 aromatic heterocycles.